The Bertz CT molecular complexity index is 384. The highest BCUT2D eigenvalue weighted by Gasteiger charge is 2.41. The van der Waals surface area contributed by atoms with Crippen LogP contribution in [0.2, 0.25) is 0 Å². The number of nitrogens with zero attached hydrogens (tertiary/aromatic N) is 2. The molecule has 0 aromatic heterocycles. The van der Waals surface area contributed by atoms with Gasteiger partial charge in [0.2, 0.25) is 0 Å². The zero-order valence-corrected chi connectivity index (χ0v) is 16.8. The van der Waals surface area contributed by atoms with Crippen LogP contribution in [-0.4, -0.2) is 73.8 Å². The Morgan fingerprint density at radius 2 is 2.14 bits per heavy atom. The fraction of sp³-hybridized carbons (Fsp3) is 0.933. The summed E-state index contributed by atoms with van der Waals surface area (Å²) in [6, 6.07) is 0.619. The molecule has 2 saturated heterocycles. The minimum absolute atomic E-state index is 0. The van der Waals surface area contributed by atoms with Crippen LogP contribution in [0.4, 0.5) is 0 Å². The summed E-state index contributed by atoms with van der Waals surface area (Å²) >= 11 is 2.08. The smallest absolute Gasteiger partial charge is 0.191 e. The number of halogens is 1. The third-order valence-corrected chi connectivity index (χ3v) is 6.24. The molecule has 1 saturated carbocycles. The van der Waals surface area contributed by atoms with Crippen molar-refractivity contribution in [1.82, 2.24) is 15.5 Å². The third kappa shape index (κ3) is 4.42. The molecule has 0 bridgehead atoms. The van der Waals surface area contributed by atoms with Gasteiger partial charge in [0, 0.05) is 44.0 Å². The summed E-state index contributed by atoms with van der Waals surface area (Å²) in [6.07, 6.45) is 2.53. The number of hydrogen-bond donors (Lipinski definition) is 2. The van der Waals surface area contributed by atoms with Crippen molar-refractivity contribution in [3.63, 3.8) is 0 Å². The Hall–Kier alpha value is 0.270. The maximum absolute atomic E-state index is 5.52. The molecule has 22 heavy (non-hydrogen) atoms. The third-order valence-electron chi connectivity index (χ3n) is 5.00. The van der Waals surface area contributed by atoms with E-state index in [2.05, 4.69) is 39.2 Å². The lowest BCUT2D eigenvalue weighted by Gasteiger charge is -2.43. The highest BCUT2D eigenvalue weighted by molar-refractivity contribution is 14.0. The molecule has 3 rings (SSSR count). The molecule has 3 atom stereocenters. The number of aliphatic imine (C=N–C) groups is 1. The minimum Gasteiger partial charge on any atom is -0.379 e. The first-order chi connectivity index (χ1) is 10.2. The van der Waals surface area contributed by atoms with Crippen molar-refractivity contribution in [2.24, 2.45) is 10.9 Å². The maximum Gasteiger partial charge on any atom is 0.191 e. The van der Waals surface area contributed by atoms with Gasteiger partial charge in [-0.1, -0.05) is 6.92 Å². The van der Waals surface area contributed by atoms with Crippen LogP contribution in [0.15, 0.2) is 4.99 Å². The zero-order chi connectivity index (χ0) is 14.7. The lowest BCUT2D eigenvalue weighted by Crippen LogP contribution is -2.60. The van der Waals surface area contributed by atoms with Gasteiger partial charge in [-0.3, -0.25) is 9.89 Å². The molecule has 7 heteroatoms. The first kappa shape index (κ1) is 18.6. The van der Waals surface area contributed by atoms with Gasteiger partial charge in [-0.05, 0) is 24.5 Å². The molecule has 5 nitrogen and oxygen atoms in total. The number of rotatable bonds is 4. The van der Waals surface area contributed by atoms with Crippen molar-refractivity contribution in [3.05, 3.63) is 0 Å². The fourth-order valence-corrected chi connectivity index (χ4v) is 4.75. The van der Waals surface area contributed by atoms with Crippen LogP contribution >= 0.6 is 35.7 Å². The van der Waals surface area contributed by atoms with E-state index in [0.717, 1.165) is 44.7 Å². The molecular formula is C15H29IN4OS. The fourth-order valence-electron chi connectivity index (χ4n) is 3.28. The summed E-state index contributed by atoms with van der Waals surface area (Å²) in [6.45, 7) is 7.15. The first-order valence-corrected chi connectivity index (χ1v) is 9.27. The van der Waals surface area contributed by atoms with Gasteiger partial charge in [0.25, 0.3) is 0 Å². The SMILES string of the molecule is CN=C(NCC1(N2CCOCC2)CCSC1)NC1CC1C.I. The Kier molecular flexibility index (Phi) is 7.10. The molecule has 1 aliphatic carbocycles. The van der Waals surface area contributed by atoms with Crippen molar-refractivity contribution in [2.75, 3.05) is 51.4 Å². The van der Waals surface area contributed by atoms with E-state index in [-0.39, 0.29) is 29.5 Å². The van der Waals surface area contributed by atoms with Gasteiger partial charge >= 0.3 is 0 Å². The van der Waals surface area contributed by atoms with Crippen molar-refractivity contribution in [1.29, 1.82) is 0 Å². The highest BCUT2D eigenvalue weighted by atomic mass is 127. The highest BCUT2D eigenvalue weighted by Crippen LogP contribution is 2.33. The molecule has 0 aromatic carbocycles. The van der Waals surface area contributed by atoms with E-state index < -0.39 is 0 Å². The number of hydrogen-bond acceptors (Lipinski definition) is 4. The van der Waals surface area contributed by atoms with Crippen LogP contribution in [-0.2, 0) is 4.74 Å². The summed E-state index contributed by atoms with van der Waals surface area (Å²) in [5, 5.41) is 7.11. The topological polar surface area (TPSA) is 48.9 Å². The normalized spacial score (nSPS) is 35.8. The molecular weight excluding hydrogens is 411 g/mol. The van der Waals surface area contributed by atoms with Crippen molar-refractivity contribution >= 4 is 41.7 Å². The van der Waals surface area contributed by atoms with Crippen LogP contribution in [0.25, 0.3) is 0 Å². The molecule has 3 fully saturated rings. The molecule has 0 radical (unpaired) electrons. The van der Waals surface area contributed by atoms with Crippen LogP contribution in [0.5, 0.6) is 0 Å². The average molecular weight is 440 g/mol. The van der Waals surface area contributed by atoms with E-state index in [1.54, 1.807) is 0 Å². The number of ether oxygens (including phenoxy) is 1. The predicted molar refractivity (Wildman–Crippen MR) is 105 cm³/mol. The zero-order valence-electron chi connectivity index (χ0n) is 13.6. The molecule has 3 unspecified atom stereocenters. The Morgan fingerprint density at radius 3 is 2.68 bits per heavy atom. The van der Waals surface area contributed by atoms with Gasteiger partial charge in [-0.15, -0.1) is 24.0 Å². The maximum atomic E-state index is 5.52. The monoisotopic (exact) mass is 440 g/mol. The van der Waals surface area contributed by atoms with Crippen molar-refractivity contribution in [3.8, 4) is 0 Å². The molecule has 0 amide bonds. The Labute approximate surface area is 155 Å². The van der Waals surface area contributed by atoms with E-state index in [4.69, 9.17) is 4.74 Å². The minimum atomic E-state index is 0. The van der Waals surface area contributed by atoms with E-state index in [1.165, 1.54) is 24.3 Å². The van der Waals surface area contributed by atoms with Gasteiger partial charge in [-0.25, -0.2) is 0 Å². The van der Waals surface area contributed by atoms with Gasteiger partial charge in [0.15, 0.2) is 5.96 Å². The molecule has 0 spiro atoms. The van der Waals surface area contributed by atoms with E-state index in [9.17, 15) is 0 Å². The summed E-state index contributed by atoms with van der Waals surface area (Å²) in [4.78, 5) is 7.02. The lowest BCUT2D eigenvalue weighted by molar-refractivity contribution is -0.0120. The second kappa shape index (κ2) is 8.39. The molecule has 2 aliphatic heterocycles. The van der Waals surface area contributed by atoms with Crippen LogP contribution in [0, 0.1) is 5.92 Å². The van der Waals surface area contributed by atoms with E-state index in [0.29, 0.717) is 6.04 Å². The second-order valence-electron chi connectivity index (χ2n) is 6.52. The summed E-state index contributed by atoms with van der Waals surface area (Å²) in [5.41, 5.74) is 0.279. The van der Waals surface area contributed by atoms with Crippen LogP contribution < -0.4 is 10.6 Å². The Morgan fingerprint density at radius 1 is 1.41 bits per heavy atom. The first-order valence-electron chi connectivity index (χ1n) is 8.11. The van der Waals surface area contributed by atoms with Crippen molar-refractivity contribution in [2.45, 2.75) is 31.3 Å². The van der Waals surface area contributed by atoms with E-state index in [1.807, 2.05) is 7.05 Å². The van der Waals surface area contributed by atoms with Crippen LogP contribution in [0.3, 0.4) is 0 Å². The number of morpholine rings is 1. The molecule has 3 aliphatic rings. The second-order valence-corrected chi connectivity index (χ2v) is 7.62. The largest absolute Gasteiger partial charge is 0.379 e. The molecule has 128 valence electrons. The van der Waals surface area contributed by atoms with Gasteiger partial charge in [-0.2, -0.15) is 11.8 Å². The quantitative estimate of drug-likeness (QED) is 0.393. The van der Waals surface area contributed by atoms with E-state index >= 15 is 0 Å². The predicted octanol–water partition coefficient (Wildman–Crippen LogP) is 1.39. The number of nitrogens with one attached hydrogen (secondary N) is 2. The number of thioether (sulfide) groups is 1. The molecule has 0 aromatic rings. The molecule has 2 N–H and O–H groups in total. The van der Waals surface area contributed by atoms with Gasteiger partial charge in [0.1, 0.15) is 0 Å². The lowest BCUT2D eigenvalue weighted by atomic mass is 9.95. The average Bonchev–Trinajstić information content (AvgIpc) is 3.03. The Balaban J connectivity index is 0.00000176. The standard InChI is InChI=1S/C15H28N4OS.HI/c1-12-9-13(12)18-14(16-2)17-10-15(3-8-21-11-15)19-4-6-20-7-5-19;/h12-13H,3-11H2,1-2H3,(H2,16,17,18);1H. The van der Waals surface area contributed by atoms with Crippen LogP contribution in [0.1, 0.15) is 19.8 Å². The summed E-state index contributed by atoms with van der Waals surface area (Å²) in [7, 11) is 1.87. The van der Waals surface area contributed by atoms with Gasteiger partial charge < -0.3 is 15.4 Å². The van der Waals surface area contributed by atoms with Gasteiger partial charge in [0.05, 0.1) is 13.2 Å². The summed E-state index contributed by atoms with van der Waals surface area (Å²) in [5.74, 6) is 4.24. The number of guanidine groups is 1. The van der Waals surface area contributed by atoms with Crippen molar-refractivity contribution < 1.29 is 4.74 Å². The molecule has 2 heterocycles. The summed E-state index contributed by atoms with van der Waals surface area (Å²) < 4.78 is 5.52.